The van der Waals surface area contributed by atoms with Crippen LogP contribution in [0.4, 0.5) is 5.69 Å². The minimum atomic E-state index is -3.63. The number of hydrogen-bond donors (Lipinski definition) is 2. The van der Waals surface area contributed by atoms with E-state index in [9.17, 15) is 13.2 Å². The van der Waals surface area contributed by atoms with Crippen molar-refractivity contribution in [1.29, 1.82) is 0 Å². The molecule has 1 unspecified atom stereocenters. The molecule has 1 aromatic rings. The van der Waals surface area contributed by atoms with Gasteiger partial charge in [-0.25, -0.2) is 13.1 Å². The lowest BCUT2D eigenvalue weighted by Gasteiger charge is -2.29. The van der Waals surface area contributed by atoms with Crippen molar-refractivity contribution < 1.29 is 13.2 Å². The molecule has 1 amide bonds. The number of carbonyl (C=O) groups excluding carboxylic acids is 1. The molecule has 1 fully saturated rings. The van der Waals surface area contributed by atoms with E-state index in [4.69, 9.17) is 5.73 Å². The highest BCUT2D eigenvalue weighted by Crippen LogP contribution is 2.40. The minimum absolute atomic E-state index is 0.0260. The minimum Gasteiger partial charge on any atom is -0.329 e. The monoisotopic (exact) mass is 337 g/mol. The summed E-state index contributed by atoms with van der Waals surface area (Å²) in [7, 11) is -3.63. The summed E-state index contributed by atoms with van der Waals surface area (Å²) >= 11 is 0. The first-order chi connectivity index (χ1) is 10.8. The number of nitrogens with zero attached hydrogens (tertiary/aromatic N) is 1. The SMILES string of the molecule is CC(=O)N1CCc2cc(S(=O)(=O)NC(C)(CN)C3CC3)ccc21. The van der Waals surface area contributed by atoms with Gasteiger partial charge >= 0.3 is 0 Å². The van der Waals surface area contributed by atoms with Crippen LogP contribution in [0.25, 0.3) is 0 Å². The first-order valence-electron chi connectivity index (χ1n) is 7.92. The van der Waals surface area contributed by atoms with E-state index in [1.807, 2.05) is 6.92 Å². The fourth-order valence-corrected chi connectivity index (χ4v) is 4.78. The molecule has 0 bridgehead atoms. The van der Waals surface area contributed by atoms with Crippen LogP contribution in [0.2, 0.25) is 0 Å². The van der Waals surface area contributed by atoms with Crippen LogP contribution in [0.5, 0.6) is 0 Å². The van der Waals surface area contributed by atoms with E-state index in [1.54, 1.807) is 23.1 Å². The number of nitrogens with two attached hydrogens (primary N) is 1. The maximum atomic E-state index is 12.7. The topological polar surface area (TPSA) is 92.5 Å². The quantitative estimate of drug-likeness (QED) is 0.838. The third kappa shape index (κ3) is 3.00. The standard InChI is InChI=1S/C16H23N3O3S/c1-11(20)19-8-7-12-9-14(5-6-15(12)19)23(21,22)18-16(2,10-17)13-3-4-13/h5-6,9,13,18H,3-4,7-8,10,17H2,1-2H3. The molecular formula is C16H23N3O3S. The van der Waals surface area contributed by atoms with Crippen molar-refractivity contribution in [3.05, 3.63) is 23.8 Å². The number of rotatable bonds is 5. The van der Waals surface area contributed by atoms with Gasteiger partial charge in [-0.05, 0) is 55.9 Å². The molecule has 1 atom stereocenters. The van der Waals surface area contributed by atoms with Crippen molar-refractivity contribution in [3.8, 4) is 0 Å². The Bertz CT molecular complexity index is 743. The maximum Gasteiger partial charge on any atom is 0.241 e. The Morgan fingerprint density at radius 1 is 1.43 bits per heavy atom. The van der Waals surface area contributed by atoms with Crippen LogP contribution in [0.3, 0.4) is 0 Å². The number of amides is 1. The zero-order valence-corrected chi connectivity index (χ0v) is 14.3. The van der Waals surface area contributed by atoms with Crippen LogP contribution in [0.15, 0.2) is 23.1 Å². The molecule has 7 heteroatoms. The van der Waals surface area contributed by atoms with Crippen molar-refractivity contribution in [2.45, 2.75) is 43.5 Å². The second-order valence-corrected chi connectivity index (χ2v) is 8.39. The summed E-state index contributed by atoms with van der Waals surface area (Å²) in [6.45, 7) is 4.26. The fourth-order valence-electron chi connectivity index (χ4n) is 3.25. The zero-order chi connectivity index (χ0) is 16.8. The average molecular weight is 337 g/mol. The van der Waals surface area contributed by atoms with Gasteiger partial charge < -0.3 is 10.6 Å². The van der Waals surface area contributed by atoms with Gasteiger partial charge in [-0.15, -0.1) is 0 Å². The molecule has 0 radical (unpaired) electrons. The number of anilines is 1. The summed E-state index contributed by atoms with van der Waals surface area (Å²) in [4.78, 5) is 13.5. The smallest absolute Gasteiger partial charge is 0.241 e. The average Bonchev–Trinajstić information content (AvgIpc) is 3.26. The number of benzene rings is 1. The molecule has 126 valence electrons. The van der Waals surface area contributed by atoms with Crippen LogP contribution >= 0.6 is 0 Å². The molecule has 6 nitrogen and oxygen atoms in total. The van der Waals surface area contributed by atoms with Crippen LogP contribution < -0.4 is 15.4 Å². The Labute approximate surface area is 137 Å². The molecule has 0 spiro atoms. The summed E-state index contributed by atoms with van der Waals surface area (Å²) in [6, 6.07) is 4.95. The molecule has 0 aromatic heterocycles. The summed E-state index contributed by atoms with van der Waals surface area (Å²) in [5.41, 5.74) is 6.91. The van der Waals surface area contributed by atoms with Gasteiger partial charge in [0.2, 0.25) is 15.9 Å². The van der Waals surface area contributed by atoms with Gasteiger partial charge in [-0.2, -0.15) is 0 Å². The molecule has 2 aliphatic rings. The fraction of sp³-hybridized carbons (Fsp3) is 0.562. The summed E-state index contributed by atoms with van der Waals surface area (Å²) in [6.07, 6.45) is 2.69. The highest BCUT2D eigenvalue weighted by molar-refractivity contribution is 7.89. The van der Waals surface area contributed by atoms with Gasteiger partial charge in [0, 0.05) is 31.2 Å². The molecule has 1 heterocycles. The second-order valence-electron chi connectivity index (χ2n) is 6.71. The highest BCUT2D eigenvalue weighted by Gasteiger charge is 2.43. The van der Waals surface area contributed by atoms with Gasteiger partial charge in [0.1, 0.15) is 0 Å². The van der Waals surface area contributed by atoms with Crippen LogP contribution in [-0.4, -0.2) is 33.0 Å². The molecule has 1 aliphatic heterocycles. The Hall–Kier alpha value is -1.44. The van der Waals surface area contributed by atoms with Gasteiger partial charge in [0.25, 0.3) is 0 Å². The van der Waals surface area contributed by atoms with E-state index in [0.29, 0.717) is 18.9 Å². The molecular weight excluding hydrogens is 314 g/mol. The van der Waals surface area contributed by atoms with Gasteiger partial charge in [-0.3, -0.25) is 4.79 Å². The van der Waals surface area contributed by atoms with Gasteiger partial charge in [0.15, 0.2) is 0 Å². The highest BCUT2D eigenvalue weighted by atomic mass is 32.2. The van der Waals surface area contributed by atoms with Crippen LogP contribution in [0, 0.1) is 5.92 Å². The van der Waals surface area contributed by atoms with Gasteiger partial charge in [0.05, 0.1) is 4.90 Å². The third-order valence-electron chi connectivity index (χ3n) is 4.91. The van der Waals surface area contributed by atoms with Crippen LogP contribution in [-0.2, 0) is 21.2 Å². The normalized spacial score (nSPS) is 20.2. The molecule has 1 aromatic carbocycles. The van der Waals surface area contributed by atoms with E-state index in [-0.39, 0.29) is 17.3 Å². The maximum absolute atomic E-state index is 12.7. The van der Waals surface area contributed by atoms with E-state index in [1.165, 1.54) is 6.92 Å². The summed E-state index contributed by atoms with van der Waals surface area (Å²) < 4.78 is 28.2. The van der Waals surface area contributed by atoms with E-state index >= 15 is 0 Å². The number of nitrogens with one attached hydrogen (secondary N) is 1. The van der Waals surface area contributed by atoms with E-state index in [0.717, 1.165) is 24.1 Å². The van der Waals surface area contributed by atoms with Gasteiger partial charge in [-0.1, -0.05) is 0 Å². The van der Waals surface area contributed by atoms with E-state index in [2.05, 4.69) is 4.72 Å². The third-order valence-corrected chi connectivity index (χ3v) is 6.52. The molecule has 1 aliphatic carbocycles. The largest absolute Gasteiger partial charge is 0.329 e. The lowest BCUT2D eigenvalue weighted by atomic mass is 9.98. The summed E-state index contributed by atoms with van der Waals surface area (Å²) in [5.74, 6) is 0.284. The lowest BCUT2D eigenvalue weighted by molar-refractivity contribution is -0.116. The molecule has 23 heavy (non-hydrogen) atoms. The zero-order valence-electron chi connectivity index (χ0n) is 13.5. The predicted molar refractivity (Wildman–Crippen MR) is 88.7 cm³/mol. The molecule has 0 saturated heterocycles. The first-order valence-corrected chi connectivity index (χ1v) is 9.40. The van der Waals surface area contributed by atoms with Crippen molar-refractivity contribution in [3.63, 3.8) is 0 Å². The van der Waals surface area contributed by atoms with Crippen molar-refractivity contribution in [1.82, 2.24) is 4.72 Å². The molecule has 1 saturated carbocycles. The number of fused-ring (bicyclic) bond motifs is 1. The number of sulfonamides is 1. The van der Waals surface area contributed by atoms with Crippen molar-refractivity contribution in [2.24, 2.45) is 11.7 Å². The van der Waals surface area contributed by atoms with E-state index < -0.39 is 15.6 Å². The predicted octanol–water partition coefficient (Wildman–Crippen LogP) is 1.00. The Morgan fingerprint density at radius 2 is 2.13 bits per heavy atom. The molecule has 3 N–H and O–H groups in total. The second kappa shape index (κ2) is 5.58. The van der Waals surface area contributed by atoms with Crippen LogP contribution in [0.1, 0.15) is 32.3 Å². The first kappa shape index (κ1) is 16.4. The Morgan fingerprint density at radius 3 is 2.70 bits per heavy atom. The lowest BCUT2D eigenvalue weighted by Crippen LogP contribution is -2.52. The molecule has 3 rings (SSSR count). The summed E-state index contributed by atoms with van der Waals surface area (Å²) in [5, 5.41) is 0. The van der Waals surface area contributed by atoms with Crippen molar-refractivity contribution in [2.75, 3.05) is 18.0 Å². The number of carbonyl (C=O) groups is 1. The number of hydrogen-bond acceptors (Lipinski definition) is 4. The Kier molecular flexibility index (Phi) is 3.98. The van der Waals surface area contributed by atoms with Crippen molar-refractivity contribution >= 4 is 21.6 Å². The Balaban J connectivity index is 1.88.